The van der Waals surface area contributed by atoms with Crippen LogP contribution in [-0.2, 0) is 0 Å². The fraction of sp³-hybridized carbons (Fsp3) is 0.327. The van der Waals surface area contributed by atoms with Gasteiger partial charge in [-0.1, -0.05) is 120 Å². The molecule has 0 bridgehead atoms. The fourth-order valence-electron chi connectivity index (χ4n) is 8.21. The van der Waals surface area contributed by atoms with E-state index in [1.807, 2.05) is 55.5 Å². The van der Waals surface area contributed by atoms with E-state index in [9.17, 15) is 4.11 Å². The van der Waals surface area contributed by atoms with Gasteiger partial charge >= 0.3 is 0 Å². The van der Waals surface area contributed by atoms with Gasteiger partial charge in [0.1, 0.15) is 11.2 Å². The van der Waals surface area contributed by atoms with Crippen molar-refractivity contribution in [3.05, 3.63) is 137 Å². The van der Waals surface area contributed by atoms with E-state index in [1.165, 1.54) is 19.2 Å². The molecule has 1 saturated carbocycles. The van der Waals surface area contributed by atoms with Crippen molar-refractivity contribution >= 4 is 21.9 Å². The molecule has 1 atom stereocenters. The van der Waals surface area contributed by atoms with Gasteiger partial charge in [-0.05, 0) is 154 Å². The van der Waals surface area contributed by atoms with E-state index in [4.69, 9.17) is 16.8 Å². The molecule has 54 heavy (non-hydrogen) atoms. The standard InChI is InChI=1S/C52H55NO/c1-31(2)44-27-41(39-19-17-37(18-20-39)36-13-15-38(16-14-36)40-21-23-52(8,9)24-22-40)28-45(32(3)4)50(44)46-29-47(53-30-35(46)7)42-11-10-12-43-49-34(6)25-33(5)26-48(49)54-51(42)43/h10-20,25-32,40H,21-24H2,1-9H3/i1D3,5D3,7D3,31D,32D,40D. The number of pyridine rings is 1. The van der Waals surface area contributed by atoms with E-state index in [2.05, 4.69) is 31.0 Å². The third-order valence-electron chi connectivity index (χ3n) is 11.4. The first kappa shape index (κ1) is 24.5. The van der Waals surface area contributed by atoms with Gasteiger partial charge in [-0.25, -0.2) is 0 Å². The predicted octanol–water partition coefficient (Wildman–Crippen LogP) is 15.5. The first-order valence-corrected chi connectivity index (χ1v) is 18.9. The molecule has 2 heterocycles. The van der Waals surface area contributed by atoms with Crippen LogP contribution in [0.4, 0.5) is 0 Å². The predicted molar refractivity (Wildman–Crippen MR) is 231 cm³/mol. The second-order valence-corrected chi connectivity index (χ2v) is 16.1. The minimum Gasteiger partial charge on any atom is -0.455 e. The summed E-state index contributed by atoms with van der Waals surface area (Å²) in [5.41, 5.74) is 7.30. The first-order valence-electron chi connectivity index (χ1n) is 24.9. The fourth-order valence-corrected chi connectivity index (χ4v) is 8.21. The summed E-state index contributed by atoms with van der Waals surface area (Å²) in [4.78, 5) is 4.64. The largest absolute Gasteiger partial charge is 0.455 e. The monoisotopic (exact) mass is 722 g/mol. The van der Waals surface area contributed by atoms with Gasteiger partial charge in [0, 0.05) is 39.0 Å². The van der Waals surface area contributed by atoms with Crippen LogP contribution < -0.4 is 0 Å². The highest BCUT2D eigenvalue weighted by Crippen LogP contribution is 2.45. The van der Waals surface area contributed by atoms with E-state index in [0.717, 1.165) is 47.8 Å². The molecule has 274 valence electrons. The third-order valence-corrected chi connectivity index (χ3v) is 11.4. The Morgan fingerprint density at radius 1 is 0.759 bits per heavy atom. The van der Waals surface area contributed by atoms with Gasteiger partial charge in [-0.2, -0.15) is 0 Å². The lowest BCUT2D eigenvalue weighted by Crippen LogP contribution is -2.20. The molecule has 0 N–H and O–H groups in total. The van der Waals surface area contributed by atoms with Gasteiger partial charge in [-0.3, -0.25) is 4.98 Å². The maximum Gasteiger partial charge on any atom is 0.144 e. The zero-order chi connectivity index (χ0) is 48.2. The van der Waals surface area contributed by atoms with Crippen LogP contribution in [0.25, 0.3) is 66.6 Å². The van der Waals surface area contributed by atoms with Crippen LogP contribution in [-0.4, -0.2) is 4.98 Å². The highest BCUT2D eigenvalue weighted by atomic mass is 16.3. The molecular weight excluding hydrogens is 655 g/mol. The number of para-hydroxylation sites is 1. The summed E-state index contributed by atoms with van der Waals surface area (Å²) in [5, 5.41) is 1.43. The molecule has 7 aromatic rings. The molecule has 1 aliphatic rings. The van der Waals surface area contributed by atoms with Crippen LogP contribution in [0.1, 0.15) is 135 Å². The summed E-state index contributed by atoms with van der Waals surface area (Å²) in [6.07, 6.45) is 4.91. The van der Waals surface area contributed by atoms with E-state index >= 15 is 0 Å². The molecule has 0 spiro atoms. The Morgan fingerprint density at radius 2 is 1.43 bits per heavy atom. The maximum atomic E-state index is 9.59. The third kappa shape index (κ3) is 6.70. The number of nitrogens with zero attached hydrogens (tertiary/aromatic N) is 1. The summed E-state index contributed by atoms with van der Waals surface area (Å²) in [7, 11) is 0. The summed E-state index contributed by atoms with van der Waals surface area (Å²) in [5.74, 6) is -4.32. The molecule has 0 radical (unpaired) electrons. The van der Waals surface area contributed by atoms with Crippen LogP contribution in [0, 0.1) is 26.0 Å². The number of hydrogen-bond donors (Lipinski definition) is 0. The second-order valence-electron chi connectivity index (χ2n) is 16.1. The zero-order valence-electron chi connectivity index (χ0n) is 44.0. The van der Waals surface area contributed by atoms with Crippen molar-refractivity contribution < 1.29 is 20.9 Å². The van der Waals surface area contributed by atoms with Crippen LogP contribution >= 0.6 is 0 Å². The van der Waals surface area contributed by atoms with E-state index in [0.29, 0.717) is 50.1 Å². The number of furan rings is 1. The number of aryl methyl sites for hydroxylation is 3. The number of benzene rings is 5. The molecule has 1 fully saturated rings. The van der Waals surface area contributed by atoms with E-state index < -0.39 is 38.2 Å². The zero-order valence-corrected chi connectivity index (χ0v) is 32.0. The lowest BCUT2D eigenvalue weighted by atomic mass is 9.71. The Hall–Kier alpha value is -4.95. The average molecular weight is 722 g/mol. The summed E-state index contributed by atoms with van der Waals surface area (Å²) >= 11 is 0. The average Bonchev–Trinajstić information content (AvgIpc) is 3.63. The van der Waals surface area contributed by atoms with Gasteiger partial charge < -0.3 is 4.42 Å². The minimum atomic E-state index is -2.88. The topological polar surface area (TPSA) is 26.0 Å². The van der Waals surface area contributed by atoms with Crippen LogP contribution in [0.3, 0.4) is 0 Å². The van der Waals surface area contributed by atoms with Gasteiger partial charge in [0.05, 0.1) is 5.69 Å². The summed E-state index contributed by atoms with van der Waals surface area (Å²) < 4.78 is 111. The second kappa shape index (κ2) is 14.0. The lowest BCUT2D eigenvalue weighted by molar-refractivity contribution is 0.224. The first-order chi connectivity index (χ1) is 30.5. The van der Waals surface area contributed by atoms with Crippen LogP contribution in [0.15, 0.2) is 108 Å². The number of rotatable bonds is 7. The van der Waals surface area contributed by atoms with Crippen molar-refractivity contribution in [1.82, 2.24) is 4.98 Å². The van der Waals surface area contributed by atoms with Gasteiger partial charge in [-0.15, -0.1) is 0 Å². The van der Waals surface area contributed by atoms with Crippen molar-refractivity contribution in [2.45, 2.75) is 105 Å². The molecule has 2 aromatic heterocycles. The van der Waals surface area contributed by atoms with Crippen molar-refractivity contribution in [2.75, 3.05) is 0 Å². The smallest absolute Gasteiger partial charge is 0.144 e. The molecule has 8 rings (SSSR count). The summed E-state index contributed by atoms with van der Waals surface area (Å²) in [6, 6.07) is 29.6. The van der Waals surface area contributed by atoms with Crippen molar-refractivity contribution in [3.63, 3.8) is 0 Å². The van der Waals surface area contributed by atoms with Crippen LogP contribution in [0.2, 0.25) is 0 Å². The Labute approximate surface area is 339 Å². The van der Waals surface area contributed by atoms with E-state index in [1.54, 1.807) is 44.2 Å². The van der Waals surface area contributed by atoms with Crippen molar-refractivity contribution in [1.29, 1.82) is 0 Å². The van der Waals surface area contributed by atoms with Gasteiger partial charge in [0.15, 0.2) is 0 Å². The molecule has 2 nitrogen and oxygen atoms in total. The van der Waals surface area contributed by atoms with Crippen LogP contribution in [0.5, 0.6) is 0 Å². The lowest BCUT2D eigenvalue weighted by Gasteiger charge is -2.34. The molecule has 5 aromatic carbocycles. The number of aromatic nitrogens is 1. The normalized spacial score (nSPS) is 20.7. The Bertz CT molecular complexity index is 2970. The van der Waals surface area contributed by atoms with Crippen molar-refractivity contribution in [3.8, 4) is 44.6 Å². The molecule has 1 unspecified atom stereocenters. The molecule has 0 saturated heterocycles. The Kier molecular flexibility index (Phi) is 6.36. The maximum absolute atomic E-state index is 9.59. The molecule has 1 aliphatic carbocycles. The summed E-state index contributed by atoms with van der Waals surface area (Å²) in [6.45, 7) is 2.97. The molecule has 2 heteroatoms. The Balaban J connectivity index is 1.29. The highest BCUT2D eigenvalue weighted by Gasteiger charge is 2.28. The Morgan fingerprint density at radius 3 is 2.07 bits per heavy atom. The van der Waals surface area contributed by atoms with Crippen molar-refractivity contribution in [2.24, 2.45) is 5.41 Å². The SMILES string of the molecule is [2H]C([2H])([2H])c1cc(C)c2c(c1)oc1c(-c3cc(-c4c(C([2H])(C)C)cc(-c5ccc(-c6ccc(C7([2H])CCC(C)(C)CC7)cc6)cc5)cc4C([2H])(C)C([2H])([2H])[2H])c(C([2H])([2H])[2H])cn3)cccc12. The quantitative estimate of drug-likeness (QED) is 0.164. The van der Waals surface area contributed by atoms with E-state index in [-0.39, 0.29) is 33.2 Å². The molecular formula is C52H55NO. The number of fused-ring (bicyclic) bond motifs is 3. The number of hydrogen-bond acceptors (Lipinski definition) is 2. The molecule has 0 amide bonds. The minimum absolute atomic E-state index is 0.0304. The van der Waals surface area contributed by atoms with Gasteiger partial charge in [0.2, 0.25) is 0 Å². The molecule has 0 aliphatic heterocycles. The highest BCUT2D eigenvalue weighted by molar-refractivity contribution is 6.11. The van der Waals surface area contributed by atoms with Gasteiger partial charge in [0.25, 0.3) is 0 Å².